The Balaban J connectivity index is 2.39. The minimum absolute atomic E-state index is 0.174. The van der Waals surface area contributed by atoms with E-state index < -0.39 is 38.3 Å². The van der Waals surface area contributed by atoms with Crippen LogP contribution in [0.3, 0.4) is 0 Å². The first kappa shape index (κ1) is 20.0. The summed E-state index contributed by atoms with van der Waals surface area (Å²) in [6.45, 7) is 4.61. The van der Waals surface area contributed by atoms with Crippen LogP contribution in [0.15, 0.2) is 39.7 Å². The minimum Gasteiger partial charge on any atom is -0.484 e. The van der Waals surface area contributed by atoms with Gasteiger partial charge in [0.15, 0.2) is 0 Å². The van der Waals surface area contributed by atoms with Gasteiger partial charge in [-0.1, -0.05) is 0 Å². The van der Waals surface area contributed by atoms with Gasteiger partial charge in [0.1, 0.15) is 17.0 Å². The number of nitrogens with zero attached hydrogens (tertiary/aromatic N) is 3. The van der Waals surface area contributed by atoms with Crippen molar-refractivity contribution in [1.82, 2.24) is 4.57 Å². The lowest BCUT2D eigenvalue weighted by molar-refractivity contribution is -0.386. The van der Waals surface area contributed by atoms with Gasteiger partial charge in [-0.3, -0.25) is 29.6 Å². The number of hydrogen-bond donors (Lipinski definition) is 1. The smallest absolute Gasteiger partial charge is 0.335 e. The van der Waals surface area contributed by atoms with Gasteiger partial charge in [0.05, 0.1) is 15.9 Å². The third kappa shape index (κ3) is 2.96. The maximum Gasteiger partial charge on any atom is 0.335 e. The molecule has 0 spiro atoms. The molecular weight excluding hydrogens is 438 g/mol. The van der Waals surface area contributed by atoms with Crippen LogP contribution >= 0.6 is 15.9 Å². The molecule has 2 aromatic rings. The highest BCUT2D eigenvalue weighted by molar-refractivity contribution is 9.10. The Labute approximate surface area is 166 Å². The van der Waals surface area contributed by atoms with Gasteiger partial charge in [0, 0.05) is 34.4 Å². The van der Waals surface area contributed by atoms with E-state index in [4.69, 9.17) is 4.74 Å². The first-order chi connectivity index (χ1) is 12.9. The molecule has 28 heavy (non-hydrogen) atoms. The lowest BCUT2D eigenvalue weighted by Crippen LogP contribution is -2.60. The van der Waals surface area contributed by atoms with E-state index in [1.54, 1.807) is 13.8 Å². The zero-order chi connectivity index (χ0) is 21.0. The molecule has 2 unspecified atom stereocenters. The Hall–Kier alpha value is -2.79. The lowest BCUT2D eigenvalue weighted by Gasteiger charge is -2.49. The van der Waals surface area contributed by atoms with E-state index in [9.17, 15) is 30.1 Å². The molecule has 0 bridgehead atoms. The summed E-state index contributed by atoms with van der Waals surface area (Å²) in [5.41, 5.74) is -4.69. The fourth-order valence-corrected chi connectivity index (χ4v) is 3.70. The zero-order valence-corrected chi connectivity index (χ0v) is 16.7. The number of pyridine rings is 1. The summed E-state index contributed by atoms with van der Waals surface area (Å²) in [6, 6.07) is 3.72. The fourth-order valence-electron chi connectivity index (χ4n) is 3.26. The van der Waals surface area contributed by atoms with Crippen molar-refractivity contribution < 1.29 is 19.7 Å². The summed E-state index contributed by atoms with van der Waals surface area (Å²) < 4.78 is 7.09. The Morgan fingerprint density at radius 3 is 2.39 bits per heavy atom. The second kappa shape index (κ2) is 6.38. The van der Waals surface area contributed by atoms with Gasteiger partial charge >= 0.3 is 11.2 Å². The van der Waals surface area contributed by atoms with Gasteiger partial charge in [-0.05, 0) is 42.8 Å². The summed E-state index contributed by atoms with van der Waals surface area (Å²) in [5.74, 6) is 0.238. The number of benzene rings is 1. The first-order valence-electron chi connectivity index (χ1n) is 8.12. The Kier molecular flexibility index (Phi) is 4.55. The van der Waals surface area contributed by atoms with Gasteiger partial charge in [-0.2, -0.15) is 0 Å². The number of aliphatic hydroxyl groups is 1. The van der Waals surface area contributed by atoms with Crippen LogP contribution in [0.1, 0.15) is 32.4 Å². The molecule has 0 radical (unpaired) electrons. The molecule has 1 aromatic heterocycles. The number of ether oxygens (including phenoxy) is 1. The predicted octanol–water partition coefficient (Wildman–Crippen LogP) is 2.94. The summed E-state index contributed by atoms with van der Waals surface area (Å²) >= 11 is 3.14. The molecule has 11 heteroatoms. The third-order valence-electron chi connectivity index (χ3n) is 5.08. The molecule has 0 saturated heterocycles. The molecule has 2 atom stereocenters. The zero-order valence-electron chi connectivity index (χ0n) is 15.1. The highest BCUT2D eigenvalue weighted by atomic mass is 79.9. The molecule has 1 N–H and O–H groups in total. The molecule has 3 rings (SSSR count). The van der Waals surface area contributed by atoms with E-state index in [2.05, 4.69) is 15.9 Å². The van der Waals surface area contributed by atoms with Crippen LogP contribution in [0.5, 0.6) is 5.75 Å². The Morgan fingerprint density at radius 2 is 1.82 bits per heavy atom. The molecule has 0 saturated carbocycles. The van der Waals surface area contributed by atoms with E-state index >= 15 is 0 Å². The predicted molar refractivity (Wildman–Crippen MR) is 102 cm³/mol. The first-order valence-corrected chi connectivity index (χ1v) is 8.92. The van der Waals surface area contributed by atoms with E-state index in [0.29, 0.717) is 0 Å². The molecule has 0 aliphatic carbocycles. The highest BCUT2D eigenvalue weighted by Crippen LogP contribution is 2.48. The van der Waals surface area contributed by atoms with Crippen molar-refractivity contribution in [3.8, 4) is 5.75 Å². The number of nitro benzene ring substituents is 1. The monoisotopic (exact) mass is 453 g/mol. The van der Waals surface area contributed by atoms with Crippen LogP contribution in [-0.4, -0.2) is 30.7 Å². The maximum atomic E-state index is 12.8. The third-order valence-corrected chi connectivity index (χ3v) is 5.51. The van der Waals surface area contributed by atoms with Crippen molar-refractivity contribution in [3.63, 3.8) is 0 Å². The molecule has 1 aliphatic heterocycles. The van der Waals surface area contributed by atoms with Gasteiger partial charge in [0.25, 0.3) is 5.69 Å². The quantitative estimate of drug-likeness (QED) is 0.556. The SMILES string of the molecule is CC1(C)Oc2ccc([N+](=O)[O-])cc2C(n2cc(Br)cc([N+](=O)[O-])c2=O)C1(C)O. The number of nitro groups is 2. The maximum absolute atomic E-state index is 12.8. The van der Waals surface area contributed by atoms with E-state index in [1.807, 2.05) is 0 Å². The van der Waals surface area contributed by atoms with Crippen LogP contribution in [0.25, 0.3) is 0 Å². The van der Waals surface area contributed by atoms with Crippen molar-refractivity contribution in [2.45, 2.75) is 38.0 Å². The molecule has 1 aromatic carbocycles. The minimum atomic E-state index is -1.74. The van der Waals surface area contributed by atoms with Crippen LogP contribution in [0.4, 0.5) is 11.4 Å². The number of halogens is 1. The number of aromatic nitrogens is 1. The van der Waals surface area contributed by atoms with E-state index in [-0.39, 0.29) is 21.5 Å². The largest absolute Gasteiger partial charge is 0.484 e. The van der Waals surface area contributed by atoms with Gasteiger partial charge in [-0.15, -0.1) is 0 Å². The summed E-state index contributed by atoms with van der Waals surface area (Å²) in [5, 5.41) is 33.8. The Morgan fingerprint density at radius 1 is 1.18 bits per heavy atom. The molecule has 10 nitrogen and oxygen atoms in total. The lowest BCUT2D eigenvalue weighted by atomic mass is 9.75. The highest BCUT2D eigenvalue weighted by Gasteiger charge is 2.54. The van der Waals surface area contributed by atoms with Crippen molar-refractivity contribution in [2.75, 3.05) is 0 Å². The van der Waals surface area contributed by atoms with Crippen LogP contribution in [0.2, 0.25) is 0 Å². The average molecular weight is 454 g/mol. The van der Waals surface area contributed by atoms with Gasteiger partial charge < -0.3 is 9.84 Å². The number of hydrogen-bond acceptors (Lipinski definition) is 7. The summed E-state index contributed by atoms with van der Waals surface area (Å²) in [6.07, 6.45) is 1.30. The van der Waals surface area contributed by atoms with Gasteiger partial charge in [0.2, 0.25) is 0 Å². The molecule has 0 fully saturated rings. The molecular formula is C17H16BrN3O7. The van der Waals surface area contributed by atoms with E-state index in [1.165, 1.54) is 31.3 Å². The summed E-state index contributed by atoms with van der Waals surface area (Å²) in [7, 11) is 0. The number of non-ortho nitro benzene ring substituents is 1. The fraction of sp³-hybridized carbons (Fsp3) is 0.353. The van der Waals surface area contributed by atoms with Crippen molar-refractivity contribution in [1.29, 1.82) is 0 Å². The number of rotatable bonds is 3. The van der Waals surface area contributed by atoms with Gasteiger partial charge in [-0.25, -0.2) is 0 Å². The van der Waals surface area contributed by atoms with Crippen LogP contribution < -0.4 is 10.3 Å². The molecule has 2 heterocycles. The van der Waals surface area contributed by atoms with E-state index in [0.717, 1.165) is 10.6 Å². The standard InChI is InChI=1S/C17H16BrN3O7/c1-16(2)17(3,23)14(11-7-10(20(24)25)4-5-13(11)28-16)19-8-9(18)6-12(15(19)22)21(26)27/h4-8,14,23H,1-3H3. The van der Waals surface area contributed by atoms with Crippen LogP contribution in [-0.2, 0) is 0 Å². The van der Waals surface area contributed by atoms with Crippen molar-refractivity contribution in [2.24, 2.45) is 0 Å². The second-order valence-corrected chi connectivity index (χ2v) is 8.07. The second-order valence-electron chi connectivity index (χ2n) is 7.15. The molecule has 148 valence electrons. The van der Waals surface area contributed by atoms with Crippen molar-refractivity contribution in [3.05, 3.63) is 71.1 Å². The number of fused-ring (bicyclic) bond motifs is 1. The average Bonchev–Trinajstić information content (AvgIpc) is 2.57. The normalized spacial score (nSPS) is 22.8. The summed E-state index contributed by atoms with van der Waals surface area (Å²) in [4.78, 5) is 33.9. The molecule has 0 amide bonds. The molecule has 1 aliphatic rings. The van der Waals surface area contributed by atoms with Crippen molar-refractivity contribution >= 4 is 27.3 Å². The topological polar surface area (TPSA) is 138 Å². The van der Waals surface area contributed by atoms with Crippen LogP contribution in [0, 0.1) is 20.2 Å². The Bertz CT molecular complexity index is 1060.